The number of aliphatic hydroxyl groups is 1. The maximum absolute atomic E-state index is 11.9. The molecule has 2 N–H and O–H groups in total. The highest BCUT2D eigenvalue weighted by atomic mass is 16.5. The van der Waals surface area contributed by atoms with E-state index in [1.54, 1.807) is 32.2 Å². The van der Waals surface area contributed by atoms with E-state index in [1.165, 1.54) is 12.8 Å². The van der Waals surface area contributed by atoms with Crippen LogP contribution in [0, 0.1) is 0 Å². The van der Waals surface area contributed by atoms with Crippen LogP contribution in [-0.2, 0) is 0 Å². The van der Waals surface area contributed by atoms with E-state index < -0.39 is 6.10 Å². The maximum atomic E-state index is 11.9. The number of unbranched alkanes of at least 4 members (excludes halogenated alkanes) is 3. The minimum absolute atomic E-state index is 0.219. The van der Waals surface area contributed by atoms with Crippen LogP contribution in [0.4, 0.5) is 0 Å². The average Bonchev–Trinajstić information content (AvgIpc) is 2.52. The number of benzene rings is 1. The Balaban J connectivity index is 2.60. The lowest BCUT2D eigenvalue weighted by Crippen LogP contribution is -2.30. The van der Waals surface area contributed by atoms with Crippen molar-refractivity contribution in [2.24, 2.45) is 0 Å². The molecule has 0 bridgehead atoms. The van der Waals surface area contributed by atoms with Gasteiger partial charge in [0.1, 0.15) is 0 Å². The Morgan fingerprint density at radius 2 is 2.05 bits per heavy atom. The van der Waals surface area contributed by atoms with Gasteiger partial charge >= 0.3 is 0 Å². The zero-order valence-corrected chi connectivity index (χ0v) is 13.7. The first kappa shape index (κ1) is 18.3. The average molecular weight is 309 g/mol. The van der Waals surface area contributed by atoms with Gasteiger partial charge in [-0.1, -0.05) is 26.2 Å². The van der Waals surface area contributed by atoms with Crippen molar-refractivity contribution in [2.75, 3.05) is 20.3 Å². The van der Waals surface area contributed by atoms with Crippen LogP contribution in [0.15, 0.2) is 18.2 Å². The fraction of sp³-hybridized carbons (Fsp3) is 0.588. The summed E-state index contributed by atoms with van der Waals surface area (Å²) < 4.78 is 11.0. The fourth-order valence-corrected chi connectivity index (χ4v) is 1.98. The van der Waals surface area contributed by atoms with E-state index in [1.807, 2.05) is 0 Å². The van der Waals surface area contributed by atoms with Gasteiger partial charge < -0.3 is 19.9 Å². The summed E-state index contributed by atoms with van der Waals surface area (Å²) >= 11 is 0. The molecule has 5 heteroatoms. The number of aliphatic hydroxyl groups excluding tert-OH is 1. The molecule has 0 saturated heterocycles. The Morgan fingerprint density at radius 1 is 1.27 bits per heavy atom. The molecule has 5 nitrogen and oxygen atoms in total. The summed E-state index contributed by atoms with van der Waals surface area (Å²) in [4.78, 5) is 11.9. The van der Waals surface area contributed by atoms with Crippen molar-refractivity contribution >= 4 is 5.91 Å². The largest absolute Gasteiger partial charge is 0.493 e. The summed E-state index contributed by atoms with van der Waals surface area (Å²) in [5, 5.41) is 11.8. The van der Waals surface area contributed by atoms with Gasteiger partial charge in [0.15, 0.2) is 11.5 Å². The third kappa shape index (κ3) is 6.35. The van der Waals surface area contributed by atoms with Crippen molar-refractivity contribution in [3.63, 3.8) is 0 Å². The van der Waals surface area contributed by atoms with Crippen molar-refractivity contribution in [3.8, 4) is 11.5 Å². The van der Waals surface area contributed by atoms with Crippen molar-refractivity contribution in [3.05, 3.63) is 23.8 Å². The molecule has 22 heavy (non-hydrogen) atoms. The Hall–Kier alpha value is -1.75. The molecule has 124 valence electrons. The molecule has 1 amide bonds. The third-order valence-electron chi connectivity index (χ3n) is 3.24. The topological polar surface area (TPSA) is 67.8 Å². The number of carbonyl (C=O) groups is 1. The van der Waals surface area contributed by atoms with E-state index in [2.05, 4.69) is 12.2 Å². The highest BCUT2D eigenvalue weighted by Gasteiger charge is 2.11. The van der Waals surface area contributed by atoms with Crippen LogP contribution in [0.2, 0.25) is 0 Å². The molecule has 1 rings (SSSR count). The molecule has 0 aliphatic rings. The van der Waals surface area contributed by atoms with Gasteiger partial charge in [-0.2, -0.15) is 0 Å². The number of ether oxygens (including phenoxy) is 2. The van der Waals surface area contributed by atoms with Gasteiger partial charge in [0.25, 0.3) is 5.91 Å². The molecule has 0 fully saturated rings. The Bertz CT molecular complexity index is 460. The molecule has 1 aromatic carbocycles. The smallest absolute Gasteiger partial charge is 0.251 e. The predicted octanol–water partition coefficient (Wildman–Crippen LogP) is 2.76. The predicted molar refractivity (Wildman–Crippen MR) is 86.6 cm³/mol. The molecule has 0 spiro atoms. The van der Waals surface area contributed by atoms with Gasteiger partial charge in [0, 0.05) is 12.1 Å². The first-order valence-electron chi connectivity index (χ1n) is 7.85. The molecule has 0 saturated carbocycles. The van der Waals surface area contributed by atoms with Crippen LogP contribution in [0.3, 0.4) is 0 Å². The van der Waals surface area contributed by atoms with Crippen molar-refractivity contribution in [2.45, 2.75) is 45.6 Å². The standard InChI is InChI=1S/C17H27NO4/c1-4-5-6-7-10-22-15-9-8-14(11-16(15)21-3)17(20)18-12-13(2)19/h8-9,11,13,19H,4-7,10,12H2,1-3H3,(H,18,20). The lowest BCUT2D eigenvalue weighted by atomic mass is 10.2. The molecule has 0 aliphatic heterocycles. The Kier molecular flexibility index (Phi) is 8.36. The van der Waals surface area contributed by atoms with Crippen LogP contribution in [0.25, 0.3) is 0 Å². The minimum atomic E-state index is -0.573. The summed E-state index contributed by atoms with van der Waals surface area (Å²) in [5.41, 5.74) is 0.482. The SMILES string of the molecule is CCCCCCOc1ccc(C(=O)NCC(C)O)cc1OC. The number of hydrogen-bond donors (Lipinski definition) is 2. The Morgan fingerprint density at radius 3 is 2.68 bits per heavy atom. The second-order valence-corrected chi connectivity index (χ2v) is 5.33. The summed E-state index contributed by atoms with van der Waals surface area (Å²) in [6, 6.07) is 5.09. The van der Waals surface area contributed by atoms with E-state index >= 15 is 0 Å². The number of rotatable bonds is 10. The molecular weight excluding hydrogens is 282 g/mol. The second-order valence-electron chi connectivity index (χ2n) is 5.33. The Labute approximate surface area is 132 Å². The van der Waals surface area contributed by atoms with E-state index in [4.69, 9.17) is 9.47 Å². The highest BCUT2D eigenvalue weighted by molar-refractivity contribution is 5.94. The van der Waals surface area contributed by atoms with Gasteiger partial charge in [0.05, 0.1) is 19.8 Å². The van der Waals surface area contributed by atoms with Crippen LogP contribution >= 0.6 is 0 Å². The van der Waals surface area contributed by atoms with Crippen LogP contribution in [0.5, 0.6) is 11.5 Å². The van der Waals surface area contributed by atoms with Crippen LogP contribution in [-0.4, -0.2) is 37.4 Å². The van der Waals surface area contributed by atoms with Crippen molar-refractivity contribution in [1.82, 2.24) is 5.32 Å². The minimum Gasteiger partial charge on any atom is -0.493 e. The van der Waals surface area contributed by atoms with Gasteiger partial charge in [-0.05, 0) is 31.5 Å². The third-order valence-corrected chi connectivity index (χ3v) is 3.24. The zero-order valence-electron chi connectivity index (χ0n) is 13.7. The number of nitrogens with one attached hydrogen (secondary N) is 1. The molecular formula is C17H27NO4. The number of amides is 1. The van der Waals surface area contributed by atoms with Crippen LogP contribution in [0.1, 0.15) is 49.9 Å². The highest BCUT2D eigenvalue weighted by Crippen LogP contribution is 2.28. The first-order chi connectivity index (χ1) is 10.6. The van der Waals surface area contributed by atoms with E-state index in [9.17, 15) is 9.90 Å². The first-order valence-corrected chi connectivity index (χ1v) is 7.85. The molecule has 0 aliphatic carbocycles. The number of carbonyl (C=O) groups excluding carboxylic acids is 1. The van der Waals surface area contributed by atoms with Gasteiger partial charge in [-0.3, -0.25) is 4.79 Å². The quantitative estimate of drug-likeness (QED) is 0.652. The van der Waals surface area contributed by atoms with E-state index in [0.717, 1.165) is 12.8 Å². The number of methoxy groups -OCH3 is 1. The molecule has 0 aromatic heterocycles. The van der Waals surface area contributed by atoms with Crippen molar-refractivity contribution in [1.29, 1.82) is 0 Å². The normalized spacial score (nSPS) is 11.8. The molecule has 0 radical (unpaired) electrons. The molecule has 1 aromatic rings. The van der Waals surface area contributed by atoms with Gasteiger partial charge in [0.2, 0.25) is 0 Å². The fourth-order valence-electron chi connectivity index (χ4n) is 1.98. The van der Waals surface area contributed by atoms with Crippen molar-refractivity contribution < 1.29 is 19.4 Å². The van der Waals surface area contributed by atoms with E-state index in [0.29, 0.717) is 23.7 Å². The van der Waals surface area contributed by atoms with Gasteiger partial charge in [-0.25, -0.2) is 0 Å². The summed E-state index contributed by atoms with van der Waals surface area (Å²) in [6.07, 6.45) is 3.99. The monoisotopic (exact) mass is 309 g/mol. The van der Waals surface area contributed by atoms with Gasteiger partial charge in [-0.15, -0.1) is 0 Å². The van der Waals surface area contributed by atoms with Crippen LogP contribution < -0.4 is 14.8 Å². The molecule has 1 unspecified atom stereocenters. The second kappa shape index (κ2) is 10.1. The lowest BCUT2D eigenvalue weighted by molar-refractivity contribution is 0.0923. The summed E-state index contributed by atoms with van der Waals surface area (Å²) in [5.74, 6) is 0.944. The van der Waals surface area contributed by atoms with E-state index in [-0.39, 0.29) is 12.5 Å². The molecule has 1 atom stereocenters. The maximum Gasteiger partial charge on any atom is 0.251 e. The molecule has 0 heterocycles. The lowest BCUT2D eigenvalue weighted by Gasteiger charge is -2.12. The number of hydrogen-bond acceptors (Lipinski definition) is 4. The zero-order chi connectivity index (χ0) is 16.4. The summed E-state index contributed by atoms with van der Waals surface area (Å²) in [6.45, 7) is 4.66. The summed E-state index contributed by atoms with van der Waals surface area (Å²) in [7, 11) is 1.55.